The van der Waals surface area contributed by atoms with Crippen molar-refractivity contribution >= 4 is 17.2 Å². The molecule has 2 aliphatic rings. The lowest BCUT2D eigenvalue weighted by atomic mass is 9.90. The summed E-state index contributed by atoms with van der Waals surface area (Å²) in [4.78, 5) is 15.6. The topological polar surface area (TPSA) is 71.2 Å². The Bertz CT molecular complexity index is 952. The highest BCUT2D eigenvalue weighted by atomic mass is 32.1. The minimum Gasteiger partial charge on any atom is -0.389 e. The zero-order chi connectivity index (χ0) is 19.1. The third-order valence-electron chi connectivity index (χ3n) is 5.71. The monoisotopic (exact) mass is 394 g/mol. The Morgan fingerprint density at radius 2 is 1.96 bits per heavy atom. The summed E-state index contributed by atoms with van der Waals surface area (Å²) in [6.07, 6.45) is 4.24. The van der Waals surface area contributed by atoms with Gasteiger partial charge in [-0.2, -0.15) is 0 Å². The van der Waals surface area contributed by atoms with Crippen molar-refractivity contribution < 1.29 is 9.90 Å². The first-order valence-corrected chi connectivity index (χ1v) is 10.6. The van der Waals surface area contributed by atoms with Gasteiger partial charge in [0.2, 0.25) is 0 Å². The molecule has 1 N–H and O–H groups in total. The van der Waals surface area contributed by atoms with Crippen molar-refractivity contribution in [1.82, 2.24) is 19.9 Å². The number of hydrogen-bond acceptors (Lipinski definition) is 5. The van der Waals surface area contributed by atoms with Gasteiger partial charge in [0.15, 0.2) is 0 Å². The highest BCUT2D eigenvalue weighted by molar-refractivity contribution is 7.12. The fourth-order valence-corrected chi connectivity index (χ4v) is 4.70. The van der Waals surface area contributed by atoms with Crippen LogP contribution in [0.15, 0.2) is 54.0 Å². The van der Waals surface area contributed by atoms with E-state index in [9.17, 15) is 9.90 Å². The average molecular weight is 395 g/mol. The van der Waals surface area contributed by atoms with Crippen LogP contribution < -0.4 is 0 Å². The lowest BCUT2D eigenvalue weighted by Gasteiger charge is -2.42. The molecular weight excluding hydrogens is 372 g/mol. The second kappa shape index (κ2) is 7.14. The number of carbonyl (C=O) groups is 1. The first-order chi connectivity index (χ1) is 13.7. The van der Waals surface area contributed by atoms with E-state index >= 15 is 0 Å². The van der Waals surface area contributed by atoms with Crippen molar-refractivity contribution in [2.24, 2.45) is 0 Å². The van der Waals surface area contributed by atoms with Crippen LogP contribution >= 0.6 is 11.3 Å². The van der Waals surface area contributed by atoms with E-state index in [0.717, 1.165) is 11.3 Å². The minimum atomic E-state index is -0.683. The van der Waals surface area contributed by atoms with Crippen LogP contribution in [0.1, 0.15) is 58.2 Å². The lowest BCUT2D eigenvalue weighted by Crippen LogP contribution is -2.49. The number of hydrogen-bond donors (Lipinski definition) is 1. The maximum atomic E-state index is 13.1. The molecule has 3 heterocycles. The molecule has 1 amide bonds. The number of carbonyl (C=O) groups excluding carboxylic acids is 1. The number of thiophene rings is 1. The lowest BCUT2D eigenvalue weighted by molar-refractivity contribution is -0.00384. The van der Waals surface area contributed by atoms with E-state index in [1.165, 1.54) is 24.2 Å². The van der Waals surface area contributed by atoms with Crippen molar-refractivity contribution in [3.8, 4) is 0 Å². The summed E-state index contributed by atoms with van der Waals surface area (Å²) in [5, 5.41) is 21.4. The van der Waals surface area contributed by atoms with Gasteiger partial charge in [0.05, 0.1) is 28.8 Å². The molecule has 7 heteroatoms. The van der Waals surface area contributed by atoms with Crippen molar-refractivity contribution in [3.05, 3.63) is 70.2 Å². The maximum Gasteiger partial charge on any atom is 0.264 e. The van der Waals surface area contributed by atoms with Gasteiger partial charge in [-0.3, -0.25) is 4.79 Å². The van der Waals surface area contributed by atoms with Crippen LogP contribution in [0.4, 0.5) is 0 Å². The van der Waals surface area contributed by atoms with E-state index < -0.39 is 6.10 Å². The predicted octanol–water partition coefficient (Wildman–Crippen LogP) is 3.41. The molecule has 0 radical (unpaired) electrons. The van der Waals surface area contributed by atoms with E-state index in [0.29, 0.717) is 17.2 Å². The Morgan fingerprint density at radius 1 is 1.14 bits per heavy atom. The van der Waals surface area contributed by atoms with Gasteiger partial charge in [-0.1, -0.05) is 41.6 Å². The molecule has 144 valence electrons. The standard InChI is InChI=1S/C21H22N4O2S/c26-19-13-24(21(27)20-7-4-10-28-20)17(15-5-2-1-3-6-15)11-18(19)25-12-16(22-23-25)14-8-9-14/h1-7,10,12,14,17-19,26H,8-9,11,13H2/t17-,18-,19-/m1/s1. The summed E-state index contributed by atoms with van der Waals surface area (Å²) in [5.74, 6) is 0.495. The molecule has 1 saturated carbocycles. The summed E-state index contributed by atoms with van der Waals surface area (Å²) in [6, 6.07) is 13.5. The van der Waals surface area contributed by atoms with Gasteiger partial charge in [0.25, 0.3) is 5.91 Å². The minimum absolute atomic E-state index is 0.0291. The third-order valence-corrected chi connectivity index (χ3v) is 6.57. The molecule has 1 aliphatic heterocycles. The summed E-state index contributed by atoms with van der Waals surface area (Å²) in [7, 11) is 0. The van der Waals surface area contributed by atoms with Crippen LogP contribution in [-0.4, -0.2) is 43.6 Å². The number of likely N-dealkylation sites (tertiary alicyclic amines) is 1. The number of rotatable bonds is 4. The molecule has 3 atom stereocenters. The van der Waals surface area contributed by atoms with Gasteiger partial charge in [-0.25, -0.2) is 4.68 Å². The Hall–Kier alpha value is -2.51. The van der Waals surface area contributed by atoms with E-state index in [1.54, 1.807) is 9.58 Å². The molecule has 28 heavy (non-hydrogen) atoms. The Morgan fingerprint density at radius 3 is 2.68 bits per heavy atom. The van der Waals surface area contributed by atoms with Crippen LogP contribution in [0.25, 0.3) is 0 Å². The van der Waals surface area contributed by atoms with E-state index in [4.69, 9.17) is 0 Å². The SMILES string of the molecule is O=C(c1cccs1)N1C[C@@H](O)[C@H](n2cc(C3CC3)nn2)C[C@@H]1c1ccccc1. The number of aromatic nitrogens is 3. The molecule has 3 aromatic rings. The van der Waals surface area contributed by atoms with Crippen LogP contribution in [0, 0.1) is 0 Å². The molecule has 0 unspecified atom stereocenters. The Balaban J connectivity index is 1.46. The van der Waals surface area contributed by atoms with Crippen molar-refractivity contribution in [2.45, 2.75) is 43.4 Å². The Labute approximate surface area is 167 Å². The van der Waals surface area contributed by atoms with Crippen LogP contribution in [0.2, 0.25) is 0 Å². The molecular formula is C21H22N4O2S. The fourth-order valence-electron chi connectivity index (χ4n) is 4.02. The molecule has 1 aliphatic carbocycles. The summed E-state index contributed by atoms with van der Waals surface area (Å²) < 4.78 is 1.81. The van der Waals surface area contributed by atoms with Crippen LogP contribution in [0.3, 0.4) is 0 Å². The molecule has 6 nitrogen and oxygen atoms in total. The first-order valence-electron chi connectivity index (χ1n) is 9.70. The number of aliphatic hydroxyl groups excluding tert-OH is 1. The van der Waals surface area contributed by atoms with Gasteiger partial charge >= 0.3 is 0 Å². The second-order valence-corrected chi connectivity index (χ2v) is 8.58. The van der Waals surface area contributed by atoms with Gasteiger partial charge in [0, 0.05) is 18.7 Å². The smallest absolute Gasteiger partial charge is 0.264 e. The predicted molar refractivity (Wildman–Crippen MR) is 106 cm³/mol. The van der Waals surface area contributed by atoms with Crippen molar-refractivity contribution in [3.63, 3.8) is 0 Å². The quantitative estimate of drug-likeness (QED) is 0.736. The average Bonchev–Trinajstić information content (AvgIpc) is 3.22. The maximum absolute atomic E-state index is 13.1. The summed E-state index contributed by atoms with van der Waals surface area (Å²) in [5.41, 5.74) is 2.09. The van der Waals surface area contributed by atoms with Gasteiger partial charge in [-0.15, -0.1) is 16.4 Å². The largest absolute Gasteiger partial charge is 0.389 e. The van der Waals surface area contributed by atoms with Crippen LogP contribution in [0.5, 0.6) is 0 Å². The van der Waals surface area contributed by atoms with Gasteiger partial charge in [0.1, 0.15) is 0 Å². The van der Waals surface area contributed by atoms with Gasteiger partial charge in [-0.05, 0) is 36.3 Å². The van der Waals surface area contributed by atoms with Crippen molar-refractivity contribution in [2.75, 3.05) is 6.54 Å². The number of benzene rings is 1. The fraction of sp³-hybridized carbons (Fsp3) is 0.381. The summed E-state index contributed by atoms with van der Waals surface area (Å²) in [6.45, 7) is 0.277. The number of piperidine rings is 1. The Kier molecular flexibility index (Phi) is 4.49. The normalized spacial score (nSPS) is 25.0. The second-order valence-electron chi connectivity index (χ2n) is 7.63. The zero-order valence-electron chi connectivity index (χ0n) is 15.4. The number of aliphatic hydroxyl groups is 1. The van der Waals surface area contributed by atoms with E-state index in [-0.39, 0.29) is 24.5 Å². The third kappa shape index (κ3) is 3.25. The number of amides is 1. The first kappa shape index (κ1) is 17.6. The molecule has 1 saturated heterocycles. The zero-order valence-corrected chi connectivity index (χ0v) is 16.2. The molecule has 0 bridgehead atoms. The van der Waals surface area contributed by atoms with Gasteiger partial charge < -0.3 is 10.0 Å². The van der Waals surface area contributed by atoms with Crippen LogP contribution in [-0.2, 0) is 0 Å². The van der Waals surface area contributed by atoms with E-state index in [1.807, 2.05) is 54.0 Å². The van der Waals surface area contributed by atoms with Crippen molar-refractivity contribution in [1.29, 1.82) is 0 Å². The molecule has 2 aromatic heterocycles. The molecule has 1 aromatic carbocycles. The number of nitrogens with zero attached hydrogens (tertiary/aromatic N) is 4. The number of β-amino-alcohol motifs (C(OH)–C–C–N with tert-alkyl or cyclic N) is 1. The molecule has 0 spiro atoms. The highest BCUT2D eigenvalue weighted by Gasteiger charge is 2.40. The molecule has 5 rings (SSSR count). The highest BCUT2D eigenvalue weighted by Crippen LogP contribution is 2.41. The molecule has 2 fully saturated rings. The summed E-state index contributed by atoms with van der Waals surface area (Å²) >= 11 is 1.43. The van der Waals surface area contributed by atoms with E-state index in [2.05, 4.69) is 10.3 Å².